The number of esters is 1. The molecule has 0 aromatic rings. The van der Waals surface area contributed by atoms with Gasteiger partial charge in [-0.1, -0.05) is 51.9 Å². The van der Waals surface area contributed by atoms with Crippen molar-refractivity contribution >= 4 is 12.3 Å². The van der Waals surface area contributed by atoms with Crippen LogP contribution in [0, 0.1) is 0 Å². The van der Waals surface area contributed by atoms with Gasteiger partial charge < -0.3 is 19.5 Å². The number of aliphatic hydroxyl groups excluding tert-OH is 1. The highest BCUT2D eigenvalue weighted by atomic mass is 16.5. The summed E-state index contributed by atoms with van der Waals surface area (Å²) in [5.41, 5.74) is 0. The fourth-order valence-corrected chi connectivity index (χ4v) is 3.14. The maximum absolute atomic E-state index is 11.8. The van der Waals surface area contributed by atoms with Crippen molar-refractivity contribution in [2.75, 3.05) is 32.8 Å². The van der Waals surface area contributed by atoms with Crippen molar-refractivity contribution in [3.05, 3.63) is 0 Å². The van der Waals surface area contributed by atoms with Crippen LogP contribution in [0.5, 0.6) is 0 Å². The van der Waals surface area contributed by atoms with E-state index < -0.39 is 0 Å². The Bertz CT molecular complexity index is 336. The van der Waals surface area contributed by atoms with Crippen LogP contribution in [0.4, 0.5) is 0 Å². The standard InChI is InChI=1S/C22H43NO4/c1-2-3-4-5-6-9-14-21-27-22(26)15-10-12-17-23(18-20-25)16-11-7-8-13-19-24/h19,25H,2-18,20-21H2,1H3. The van der Waals surface area contributed by atoms with E-state index >= 15 is 0 Å². The maximum atomic E-state index is 11.8. The second-order valence-corrected chi connectivity index (χ2v) is 7.38. The van der Waals surface area contributed by atoms with Gasteiger partial charge in [-0.25, -0.2) is 0 Å². The highest BCUT2D eigenvalue weighted by Crippen LogP contribution is 2.08. The quantitative estimate of drug-likeness (QED) is 0.179. The van der Waals surface area contributed by atoms with Crippen LogP contribution >= 0.6 is 0 Å². The van der Waals surface area contributed by atoms with Gasteiger partial charge in [-0.05, 0) is 45.2 Å². The lowest BCUT2D eigenvalue weighted by Crippen LogP contribution is -2.29. The fraction of sp³-hybridized carbons (Fsp3) is 0.909. The highest BCUT2D eigenvalue weighted by molar-refractivity contribution is 5.69. The van der Waals surface area contributed by atoms with Crippen LogP contribution in [0.25, 0.3) is 0 Å². The summed E-state index contributed by atoms with van der Waals surface area (Å²) in [4.78, 5) is 24.3. The molecule has 0 fully saturated rings. The molecule has 0 saturated heterocycles. The molecule has 0 bridgehead atoms. The molecule has 0 atom stereocenters. The van der Waals surface area contributed by atoms with E-state index in [-0.39, 0.29) is 12.6 Å². The molecular weight excluding hydrogens is 342 g/mol. The molecule has 0 unspecified atom stereocenters. The molecule has 0 amide bonds. The van der Waals surface area contributed by atoms with Crippen LogP contribution in [0.1, 0.15) is 96.8 Å². The number of carbonyl (C=O) groups is 2. The number of hydrogen-bond donors (Lipinski definition) is 1. The molecule has 0 rings (SSSR count). The first-order valence-corrected chi connectivity index (χ1v) is 11.2. The lowest BCUT2D eigenvalue weighted by Gasteiger charge is -2.21. The van der Waals surface area contributed by atoms with E-state index in [0.29, 0.717) is 26.0 Å². The summed E-state index contributed by atoms with van der Waals surface area (Å²) in [6.07, 6.45) is 15.5. The normalized spacial score (nSPS) is 11.1. The lowest BCUT2D eigenvalue weighted by molar-refractivity contribution is -0.143. The van der Waals surface area contributed by atoms with Crippen LogP contribution in [-0.2, 0) is 14.3 Å². The molecule has 0 aliphatic rings. The predicted molar refractivity (Wildman–Crippen MR) is 111 cm³/mol. The Morgan fingerprint density at radius 3 is 2.15 bits per heavy atom. The second-order valence-electron chi connectivity index (χ2n) is 7.38. The van der Waals surface area contributed by atoms with Gasteiger partial charge in [0, 0.05) is 19.4 Å². The minimum absolute atomic E-state index is 0.0800. The van der Waals surface area contributed by atoms with E-state index in [1.165, 1.54) is 32.1 Å². The summed E-state index contributed by atoms with van der Waals surface area (Å²) in [6, 6.07) is 0. The minimum atomic E-state index is -0.0800. The van der Waals surface area contributed by atoms with Crippen molar-refractivity contribution < 1.29 is 19.4 Å². The van der Waals surface area contributed by atoms with Gasteiger partial charge in [-0.2, -0.15) is 0 Å². The summed E-state index contributed by atoms with van der Waals surface area (Å²) in [5.74, 6) is -0.0800. The molecule has 0 saturated carbocycles. The average Bonchev–Trinajstić information content (AvgIpc) is 2.67. The van der Waals surface area contributed by atoms with Crippen molar-refractivity contribution in [1.82, 2.24) is 4.90 Å². The smallest absolute Gasteiger partial charge is 0.305 e. The number of ether oxygens (including phenoxy) is 1. The van der Waals surface area contributed by atoms with E-state index in [9.17, 15) is 9.59 Å². The van der Waals surface area contributed by atoms with Crippen molar-refractivity contribution in [1.29, 1.82) is 0 Å². The molecule has 0 radical (unpaired) electrons. The number of nitrogens with zero attached hydrogens (tertiary/aromatic N) is 1. The van der Waals surface area contributed by atoms with Gasteiger partial charge in [0.2, 0.25) is 0 Å². The van der Waals surface area contributed by atoms with Crippen molar-refractivity contribution in [2.45, 2.75) is 96.8 Å². The first-order chi connectivity index (χ1) is 13.2. The monoisotopic (exact) mass is 385 g/mol. The third-order valence-corrected chi connectivity index (χ3v) is 4.83. The maximum Gasteiger partial charge on any atom is 0.305 e. The molecule has 0 heterocycles. The summed E-state index contributed by atoms with van der Waals surface area (Å²) >= 11 is 0. The Morgan fingerprint density at radius 1 is 0.852 bits per heavy atom. The van der Waals surface area contributed by atoms with E-state index in [1.54, 1.807) is 0 Å². The third kappa shape index (κ3) is 19.6. The molecule has 5 nitrogen and oxygen atoms in total. The average molecular weight is 386 g/mol. The molecule has 27 heavy (non-hydrogen) atoms. The van der Waals surface area contributed by atoms with E-state index in [1.807, 2.05) is 0 Å². The molecule has 0 spiro atoms. The summed E-state index contributed by atoms with van der Waals surface area (Å²) in [7, 11) is 0. The molecule has 0 aliphatic carbocycles. The zero-order valence-electron chi connectivity index (χ0n) is 17.6. The Kier molecular flexibility index (Phi) is 20.6. The second kappa shape index (κ2) is 21.4. The first-order valence-electron chi connectivity index (χ1n) is 11.2. The van der Waals surface area contributed by atoms with E-state index in [4.69, 9.17) is 9.84 Å². The van der Waals surface area contributed by atoms with Gasteiger partial charge in [-0.3, -0.25) is 4.79 Å². The Morgan fingerprint density at radius 2 is 1.48 bits per heavy atom. The van der Waals surface area contributed by atoms with Gasteiger partial charge in [0.05, 0.1) is 13.2 Å². The number of hydrogen-bond acceptors (Lipinski definition) is 5. The van der Waals surface area contributed by atoms with Gasteiger partial charge in [0.15, 0.2) is 0 Å². The van der Waals surface area contributed by atoms with Crippen LogP contribution in [0.2, 0.25) is 0 Å². The molecule has 0 aromatic heterocycles. The van der Waals surface area contributed by atoms with Crippen molar-refractivity contribution in [3.63, 3.8) is 0 Å². The molecule has 0 aromatic carbocycles. The number of aldehydes is 1. The molecule has 160 valence electrons. The number of unbranched alkanes of at least 4 members (excludes halogenated alkanes) is 10. The summed E-state index contributed by atoms with van der Waals surface area (Å²) < 4.78 is 5.31. The Hall–Kier alpha value is -0.940. The van der Waals surface area contributed by atoms with E-state index in [2.05, 4.69) is 11.8 Å². The summed E-state index contributed by atoms with van der Waals surface area (Å²) in [6.45, 7) is 5.47. The zero-order chi connectivity index (χ0) is 20.0. The largest absolute Gasteiger partial charge is 0.466 e. The number of aliphatic hydroxyl groups is 1. The Labute approximate surface area is 166 Å². The SMILES string of the molecule is CCCCCCCCCOC(=O)CCCCN(CCO)CCCCCC=O. The molecule has 5 heteroatoms. The minimum Gasteiger partial charge on any atom is -0.466 e. The van der Waals surface area contributed by atoms with Crippen LogP contribution in [0.15, 0.2) is 0 Å². The third-order valence-electron chi connectivity index (χ3n) is 4.83. The topological polar surface area (TPSA) is 66.8 Å². The van der Waals surface area contributed by atoms with Crippen LogP contribution in [0.3, 0.4) is 0 Å². The lowest BCUT2D eigenvalue weighted by atomic mass is 10.1. The fourth-order valence-electron chi connectivity index (χ4n) is 3.14. The molecular formula is C22H43NO4. The van der Waals surface area contributed by atoms with Crippen LogP contribution in [-0.4, -0.2) is 55.1 Å². The van der Waals surface area contributed by atoms with Crippen molar-refractivity contribution in [2.24, 2.45) is 0 Å². The number of rotatable bonds is 21. The van der Waals surface area contributed by atoms with Crippen molar-refractivity contribution in [3.8, 4) is 0 Å². The predicted octanol–water partition coefficient (Wildman–Crippen LogP) is 4.50. The van der Waals surface area contributed by atoms with Gasteiger partial charge in [0.25, 0.3) is 0 Å². The highest BCUT2D eigenvalue weighted by Gasteiger charge is 2.06. The summed E-state index contributed by atoms with van der Waals surface area (Å²) in [5, 5.41) is 9.16. The Balaban J connectivity index is 3.54. The van der Waals surface area contributed by atoms with Gasteiger partial charge in [0.1, 0.15) is 6.29 Å². The van der Waals surface area contributed by atoms with Gasteiger partial charge >= 0.3 is 5.97 Å². The van der Waals surface area contributed by atoms with E-state index in [0.717, 1.165) is 64.3 Å². The van der Waals surface area contributed by atoms with Crippen LogP contribution < -0.4 is 0 Å². The first kappa shape index (κ1) is 26.1. The zero-order valence-corrected chi connectivity index (χ0v) is 17.6. The molecule has 0 aliphatic heterocycles. The van der Waals surface area contributed by atoms with Gasteiger partial charge in [-0.15, -0.1) is 0 Å². The number of carbonyl (C=O) groups excluding carboxylic acids is 2. The molecule has 1 N–H and O–H groups in total.